The Bertz CT molecular complexity index is 645. The number of methoxy groups -OCH3 is 2. The van der Waals surface area contributed by atoms with Crippen molar-refractivity contribution in [1.29, 1.82) is 0 Å². The standard InChI is InChI=1S/C20H32N4O4/c1-4-21-20(22-8-5-9-24-10-12-28-13-11-24)23-15-16-6-7-18(26-2)17(14-16)19(25)27-3/h6-7,14H,4-5,8-13,15H2,1-3H3,(H2,21,22,23). The minimum absolute atomic E-state index is 0.404. The van der Waals surface area contributed by atoms with E-state index in [1.54, 1.807) is 12.1 Å². The van der Waals surface area contributed by atoms with Crippen LogP contribution in [0.2, 0.25) is 0 Å². The van der Waals surface area contributed by atoms with Crippen molar-refractivity contribution < 1.29 is 19.0 Å². The highest BCUT2D eigenvalue weighted by Crippen LogP contribution is 2.21. The molecule has 2 N–H and O–H groups in total. The van der Waals surface area contributed by atoms with E-state index in [2.05, 4.69) is 20.5 Å². The maximum absolute atomic E-state index is 11.9. The molecule has 2 rings (SSSR count). The molecule has 0 atom stereocenters. The fourth-order valence-electron chi connectivity index (χ4n) is 2.97. The van der Waals surface area contributed by atoms with Crippen molar-refractivity contribution in [3.8, 4) is 5.75 Å². The minimum Gasteiger partial charge on any atom is -0.496 e. The Morgan fingerprint density at radius 1 is 1.25 bits per heavy atom. The molecule has 0 bridgehead atoms. The Hall–Kier alpha value is -2.32. The molecule has 1 saturated heterocycles. The van der Waals surface area contributed by atoms with Gasteiger partial charge in [-0.3, -0.25) is 4.90 Å². The van der Waals surface area contributed by atoms with Gasteiger partial charge in [0, 0.05) is 26.2 Å². The lowest BCUT2D eigenvalue weighted by Crippen LogP contribution is -2.40. The first-order chi connectivity index (χ1) is 13.7. The van der Waals surface area contributed by atoms with Crippen molar-refractivity contribution in [2.45, 2.75) is 19.9 Å². The summed E-state index contributed by atoms with van der Waals surface area (Å²) in [6.07, 6.45) is 1.04. The first kappa shape index (κ1) is 22.0. The molecule has 0 amide bonds. The van der Waals surface area contributed by atoms with Gasteiger partial charge in [0.25, 0.3) is 0 Å². The van der Waals surface area contributed by atoms with Crippen LogP contribution in [-0.2, 0) is 16.0 Å². The van der Waals surface area contributed by atoms with Crippen molar-refractivity contribution in [3.05, 3.63) is 29.3 Å². The number of hydrogen-bond donors (Lipinski definition) is 2. The number of nitrogens with one attached hydrogen (secondary N) is 2. The average molecular weight is 393 g/mol. The third-order valence-corrected chi connectivity index (χ3v) is 4.48. The summed E-state index contributed by atoms with van der Waals surface area (Å²) in [6.45, 7) is 8.84. The maximum atomic E-state index is 11.9. The van der Waals surface area contributed by atoms with Crippen LogP contribution >= 0.6 is 0 Å². The van der Waals surface area contributed by atoms with Gasteiger partial charge >= 0.3 is 5.97 Å². The van der Waals surface area contributed by atoms with Gasteiger partial charge in [0.2, 0.25) is 0 Å². The molecule has 1 aliphatic heterocycles. The van der Waals surface area contributed by atoms with E-state index < -0.39 is 5.97 Å². The molecule has 1 fully saturated rings. The van der Waals surface area contributed by atoms with E-state index in [9.17, 15) is 4.79 Å². The summed E-state index contributed by atoms with van der Waals surface area (Å²) in [5, 5.41) is 6.62. The van der Waals surface area contributed by atoms with Crippen LogP contribution in [0.5, 0.6) is 5.75 Å². The molecule has 156 valence electrons. The number of carbonyl (C=O) groups excluding carboxylic acids is 1. The summed E-state index contributed by atoms with van der Waals surface area (Å²) in [4.78, 5) is 19.0. The number of guanidine groups is 1. The molecule has 0 radical (unpaired) electrons. The molecule has 0 unspecified atom stereocenters. The molecule has 0 spiro atoms. The van der Waals surface area contributed by atoms with E-state index in [1.165, 1.54) is 14.2 Å². The molecule has 1 aromatic rings. The van der Waals surface area contributed by atoms with E-state index >= 15 is 0 Å². The zero-order chi connectivity index (χ0) is 20.2. The van der Waals surface area contributed by atoms with Gasteiger partial charge in [-0.1, -0.05) is 6.07 Å². The SMILES string of the molecule is CCNC(=NCc1ccc(OC)c(C(=O)OC)c1)NCCCN1CCOCC1. The zero-order valence-corrected chi connectivity index (χ0v) is 17.1. The second-order valence-corrected chi connectivity index (χ2v) is 6.46. The van der Waals surface area contributed by atoms with Crippen molar-refractivity contribution in [1.82, 2.24) is 15.5 Å². The van der Waals surface area contributed by atoms with E-state index in [0.29, 0.717) is 17.9 Å². The van der Waals surface area contributed by atoms with Crippen LogP contribution in [0.25, 0.3) is 0 Å². The number of morpholine rings is 1. The molecule has 8 nitrogen and oxygen atoms in total. The normalized spacial score (nSPS) is 15.2. The lowest BCUT2D eigenvalue weighted by atomic mass is 10.1. The Labute approximate surface area is 167 Å². The molecule has 0 aliphatic carbocycles. The molecular weight excluding hydrogens is 360 g/mol. The average Bonchev–Trinajstić information content (AvgIpc) is 2.74. The van der Waals surface area contributed by atoms with Gasteiger partial charge in [0.1, 0.15) is 11.3 Å². The van der Waals surface area contributed by atoms with Gasteiger partial charge in [-0.05, 0) is 37.6 Å². The first-order valence-corrected chi connectivity index (χ1v) is 9.75. The minimum atomic E-state index is -0.421. The van der Waals surface area contributed by atoms with Crippen LogP contribution in [0.3, 0.4) is 0 Å². The van der Waals surface area contributed by atoms with Gasteiger partial charge in [0.15, 0.2) is 5.96 Å². The summed E-state index contributed by atoms with van der Waals surface area (Å²) >= 11 is 0. The van der Waals surface area contributed by atoms with Crippen molar-refractivity contribution in [2.24, 2.45) is 4.99 Å². The second-order valence-electron chi connectivity index (χ2n) is 6.46. The number of nitrogens with zero attached hydrogens (tertiary/aromatic N) is 2. The van der Waals surface area contributed by atoms with Crippen molar-refractivity contribution in [3.63, 3.8) is 0 Å². The number of carbonyl (C=O) groups is 1. The van der Waals surface area contributed by atoms with Crippen molar-refractivity contribution in [2.75, 3.05) is 60.2 Å². The predicted molar refractivity (Wildman–Crippen MR) is 109 cm³/mol. The lowest BCUT2D eigenvalue weighted by Gasteiger charge is -2.26. The topological polar surface area (TPSA) is 84.4 Å². The predicted octanol–water partition coefficient (Wildman–Crippen LogP) is 1.26. The summed E-state index contributed by atoms with van der Waals surface area (Å²) in [5.41, 5.74) is 1.31. The number of aliphatic imine (C=N–C) groups is 1. The van der Waals surface area contributed by atoms with Gasteiger partial charge in [0.05, 0.1) is 34.0 Å². The summed E-state index contributed by atoms with van der Waals surface area (Å²) in [7, 11) is 2.89. The Morgan fingerprint density at radius 2 is 2.04 bits per heavy atom. The number of hydrogen-bond acceptors (Lipinski definition) is 6. The van der Waals surface area contributed by atoms with E-state index in [0.717, 1.165) is 63.9 Å². The highest BCUT2D eigenvalue weighted by molar-refractivity contribution is 5.92. The Balaban J connectivity index is 1.89. The van der Waals surface area contributed by atoms with E-state index in [1.807, 2.05) is 13.0 Å². The molecule has 1 heterocycles. The maximum Gasteiger partial charge on any atom is 0.341 e. The number of ether oxygens (including phenoxy) is 3. The molecule has 1 aliphatic rings. The third kappa shape index (κ3) is 7.01. The molecule has 8 heteroatoms. The molecule has 28 heavy (non-hydrogen) atoms. The van der Waals surface area contributed by atoms with Crippen molar-refractivity contribution >= 4 is 11.9 Å². The lowest BCUT2D eigenvalue weighted by molar-refractivity contribution is 0.0376. The van der Waals surface area contributed by atoms with Crippen LogP contribution in [0.4, 0.5) is 0 Å². The molecule has 1 aromatic carbocycles. The van der Waals surface area contributed by atoms with Gasteiger partial charge < -0.3 is 24.8 Å². The monoisotopic (exact) mass is 392 g/mol. The summed E-state index contributed by atoms with van der Waals surface area (Å²) in [5.74, 6) is 0.837. The van der Waals surface area contributed by atoms with Crippen LogP contribution in [0.1, 0.15) is 29.3 Å². The molecular formula is C20H32N4O4. The van der Waals surface area contributed by atoms with Crippen LogP contribution < -0.4 is 15.4 Å². The number of rotatable bonds is 9. The number of esters is 1. The number of benzene rings is 1. The highest BCUT2D eigenvalue weighted by atomic mass is 16.5. The Morgan fingerprint density at radius 3 is 2.71 bits per heavy atom. The summed E-state index contributed by atoms with van der Waals surface area (Å²) < 4.78 is 15.4. The zero-order valence-electron chi connectivity index (χ0n) is 17.1. The fraction of sp³-hybridized carbons (Fsp3) is 0.600. The fourth-order valence-corrected chi connectivity index (χ4v) is 2.97. The van der Waals surface area contributed by atoms with Gasteiger partial charge in [-0.25, -0.2) is 9.79 Å². The third-order valence-electron chi connectivity index (χ3n) is 4.48. The Kier molecular flexibility index (Phi) is 9.57. The molecule has 0 saturated carbocycles. The first-order valence-electron chi connectivity index (χ1n) is 9.75. The van der Waals surface area contributed by atoms with Gasteiger partial charge in [-0.15, -0.1) is 0 Å². The quantitative estimate of drug-likeness (QED) is 0.283. The second kappa shape index (κ2) is 12.2. The van der Waals surface area contributed by atoms with Gasteiger partial charge in [-0.2, -0.15) is 0 Å². The van der Waals surface area contributed by atoms with Crippen LogP contribution in [0.15, 0.2) is 23.2 Å². The van der Waals surface area contributed by atoms with E-state index in [-0.39, 0.29) is 0 Å². The van der Waals surface area contributed by atoms with E-state index in [4.69, 9.17) is 14.2 Å². The smallest absolute Gasteiger partial charge is 0.341 e. The molecule has 0 aromatic heterocycles. The largest absolute Gasteiger partial charge is 0.496 e. The van der Waals surface area contributed by atoms with Crippen LogP contribution in [0, 0.1) is 0 Å². The summed E-state index contributed by atoms with van der Waals surface area (Å²) in [6, 6.07) is 5.42. The van der Waals surface area contributed by atoms with Crippen LogP contribution in [-0.4, -0.2) is 77.0 Å². The highest BCUT2D eigenvalue weighted by Gasteiger charge is 2.13.